The van der Waals surface area contributed by atoms with Crippen molar-refractivity contribution < 1.29 is 29.0 Å². The highest BCUT2D eigenvalue weighted by atomic mass is 16.6. The van der Waals surface area contributed by atoms with Crippen molar-refractivity contribution in [1.29, 1.82) is 0 Å². The Balaban J connectivity index is 4.23. The van der Waals surface area contributed by atoms with E-state index in [-0.39, 0.29) is 25.0 Å². The second-order valence-corrected chi connectivity index (χ2v) is 14.7. The third kappa shape index (κ3) is 32.2. The second-order valence-electron chi connectivity index (χ2n) is 14.7. The lowest BCUT2D eigenvalue weighted by atomic mass is 10.0. The topological polar surface area (TPSA) is 89.9 Å². The Bertz CT molecular complexity index is 738. The molecule has 0 bridgehead atoms. The van der Waals surface area contributed by atoms with Crippen molar-refractivity contribution in [3.05, 3.63) is 0 Å². The fraction of sp³-hybridized carbons (Fsp3) is 0.930. The Morgan fingerprint density at radius 3 is 1.02 bits per heavy atom. The van der Waals surface area contributed by atoms with Gasteiger partial charge in [-0.25, -0.2) is 0 Å². The molecule has 6 heteroatoms. The highest BCUT2D eigenvalue weighted by Gasteiger charge is 2.33. The van der Waals surface area contributed by atoms with Gasteiger partial charge >= 0.3 is 11.9 Å². The van der Waals surface area contributed by atoms with E-state index in [9.17, 15) is 19.5 Å². The van der Waals surface area contributed by atoms with Gasteiger partial charge in [-0.3, -0.25) is 14.4 Å². The summed E-state index contributed by atoms with van der Waals surface area (Å²) in [6.07, 6.45) is 36.4. The first-order valence-electron chi connectivity index (χ1n) is 21.5. The van der Waals surface area contributed by atoms with Gasteiger partial charge < -0.3 is 14.6 Å². The number of hydrogen-bond acceptors (Lipinski definition) is 6. The molecule has 0 amide bonds. The highest BCUT2D eigenvalue weighted by molar-refractivity contribution is 5.86. The summed E-state index contributed by atoms with van der Waals surface area (Å²) in [5.74, 6) is -1.19. The summed E-state index contributed by atoms with van der Waals surface area (Å²) in [7, 11) is 0. The molecule has 6 nitrogen and oxygen atoms in total. The number of carbonyl (C=O) groups is 3. The smallest absolute Gasteiger partial charge is 0.306 e. The van der Waals surface area contributed by atoms with Crippen LogP contribution in [0, 0.1) is 0 Å². The first kappa shape index (κ1) is 47.6. The molecular weight excluding hydrogens is 612 g/mol. The predicted octanol–water partition coefficient (Wildman–Crippen LogP) is 12.7. The van der Waals surface area contributed by atoms with E-state index in [0.717, 1.165) is 32.1 Å². The van der Waals surface area contributed by atoms with Crippen LogP contribution >= 0.6 is 0 Å². The Hall–Kier alpha value is -1.43. The van der Waals surface area contributed by atoms with E-state index in [1.807, 2.05) is 6.92 Å². The number of Topliss-reactive ketones (excluding diaryl/α,β-unsaturated/α-hetero) is 1. The van der Waals surface area contributed by atoms with Crippen molar-refractivity contribution in [2.75, 3.05) is 6.61 Å². The van der Waals surface area contributed by atoms with E-state index in [1.165, 1.54) is 154 Å². The molecular formula is C43H82O6. The molecule has 0 heterocycles. The molecule has 0 aromatic heterocycles. The maximum Gasteiger partial charge on any atom is 0.306 e. The zero-order chi connectivity index (χ0) is 36.0. The number of unbranched alkanes of at least 4 members (excludes halogenated alkanes) is 28. The van der Waals surface area contributed by atoms with Gasteiger partial charge in [0.2, 0.25) is 0 Å². The Kier molecular flexibility index (Phi) is 36.7. The van der Waals surface area contributed by atoms with Crippen LogP contribution in [-0.4, -0.2) is 41.6 Å². The third-order valence-electron chi connectivity index (χ3n) is 9.84. The summed E-state index contributed by atoms with van der Waals surface area (Å²) in [5, 5.41) is 9.98. The van der Waals surface area contributed by atoms with E-state index in [2.05, 4.69) is 13.8 Å². The van der Waals surface area contributed by atoms with Crippen molar-refractivity contribution in [2.24, 2.45) is 0 Å². The molecule has 0 fully saturated rings. The molecule has 0 rings (SSSR count). The average molecular weight is 695 g/mol. The maximum atomic E-state index is 13.2. The standard InChI is InChI=1S/C43H82O6/c1-4-7-9-11-13-15-17-19-21-23-25-27-29-31-33-36-39(45)43(40(38-44)48-41(46)35-6-3)49-42(47)37-34-32-30-28-26-24-22-20-18-16-14-12-10-8-5-2/h40,43-44H,4-38H2,1-3H3. The number of carbonyl (C=O) groups excluding carboxylic acids is 3. The van der Waals surface area contributed by atoms with Crippen molar-refractivity contribution in [2.45, 2.75) is 251 Å². The molecule has 0 radical (unpaired) electrons. The molecule has 0 aromatic carbocycles. The predicted molar refractivity (Wildman–Crippen MR) is 206 cm³/mol. The van der Waals surface area contributed by atoms with Crippen molar-refractivity contribution in [1.82, 2.24) is 0 Å². The van der Waals surface area contributed by atoms with Crippen molar-refractivity contribution >= 4 is 17.7 Å². The molecule has 0 aliphatic carbocycles. The van der Waals surface area contributed by atoms with Gasteiger partial charge in [0.05, 0.1) is 6.61 Å². The van der Waals surface area contributed by atoms with Crippen LogP contribution in [0.4, 0.5) is 0 Å². The quantitative estimate of drug-likeness (QED) is 0.0509. The molecule has 290 valence electrons. The van der Waals surface area contributed by atoms with Gasteiger partial charge in [0, 0.05) is 19.3 Å². The lowest BCUT2D eigenvalue weighted by Crippen LogP contribution is -2.43. The SMILES string of the molecule is CCCCCCCCCCCCCCCCCC(=O)OC(C(=O)CCCCCCCCCCCCCCCCC)C(CO)OC(=O)CCC. The van der Waals surface area contributed by atoms with E-state index < -0.39 is 30.8 Å². The molecule has 0 spiro atoms. The summed E-state index contributed by atoms with van der Waals surface area (Å²) in [6, 6.07) is 0. The third-order valence-corrected chi connectivity index (χ3v) is 9.84. The summed E-state index contributed by atoms with van der Waals surface area (Å²) in [6.45, 7) is 5.85. The van der Waals surface area contributed by atoms with Crippen LogP contribution in [-0.2, 0) is 23.9 Å². The average Bonchev–Trinajstić information content (AvgIpc) is 3.09. The van der Waals surface area contributed by atoms with E-state index in [0.29, 0.717) is 12.8 Å². The number of aliphatic hydroxyl groups is 1. The molecule has 0 aliphatic heterocycles. The minimum atomic E-state index is -1.23. The molecule has 2 atom stereocenters. The Labute approximate surface area is 304 Å². The molecule has 49 heavy (non-hydrogen) atoms. The summed E-state index contributed by atoms with van der Waals surface area (Å²) in [5.41, 5.74) is 0. The van der Waals surface area contributed by atoms with E-state index in [1.54, 1.807) is 0 Å². The molecule has 0 saturated heterocycles. The normalized spacial score (nSPS) is 12.6. The maximum absolute atomic E-state index is 13.2. The fourth-order valence-corrected chi connectivity index (χ4v) is 6.63. The second kappa shape index (κ2) is 37.8. The highest BCUT2D eigenvalue weighted by Crippen LogP contribution is 2.18. The van der Waals surface area contributed by atoms with Crippen LogP contribution in [0.1, 0.15) is 239 Å². The fourth-order valence-electron chi connectivity index (χ4n) is 6.63. The van der Waals surface area contributed by atoms with E-state index in [4.69, 9.17) is 9.47 Å². The Morgan fingerprint density at radius 2 is 0.694 bits per heavy atom. The molecule has 0 aromatic rings. The minimum Gasteiger partial charge on any atom is -0.455 e. The molecule has 0 aliphatic rings. The first-order chi connectivity index (χ1) is 24.0. The summed E-state index contributed by atoms with van der Waals surface area (Å²) >= 11 is 0. The summed E-state index contributed by atoms with van der Waals surface area (Å²) in [4.78, 5) is 38.1. The molecule has 0 saturated carbocycles. The van der Waals surface area contributed by atoms with Gasteiger partial charge in [0.1, 0.15) is 0 Å². The van der Waals surface area contributed by atoms with E-state index >= 15 is 0 Å². The van der Waals surface area contributed by atoms with Crippen LogP contribution < -0.4 is 0 Å². The number of esters is 2. The monoisotopic (exact) mass is 695 g/mol. The lowest BCUT2D eigenvalue weighted by Gasteiger charge is -2.25. The van der Waals surface area contributed by atoms with Gasteiger partial charge in [0.15, 0.2) is 18.0 Å². The van der Waals surface area contributed by atoms with Crippen LogP contribution in [0.25, 0.3) is 0 Å². The Morgan fingerprint density at radius 1 is 0.388 bits per heavy atom. The largest absolute Gasteiger partial charge is 0.455 e. The number of ether oxygens (including phenoxy) is 2. The van der Waals surface area contributed by atoms with Gasteiger partial charge in [-0.1, -0.05) is 201 Å². The number of ketones is 1. The number of rotatable bonds is 39. The van der Waals surface area contributed by atoms with Crippen LogP contribution in [0.15, 0.2) is 0 Å². The molecule has 2 unspecified atom stereocenters. The first-order valence-corrected chi connectivity index (χ1v) is 21.5. The van der Waals surface area contributed by atoms with Crippen LogP contribution in [0.2, 0.25) is 0 Å². The summed E-state index contributed by atoms with van der Waals surface area (Å²) < 4.78 is 11.0. The molecule has 1 N–H and O–H groups in total. The van der Waals surface area contributed by atoms with Crippen LogP contribution in [0.3, 0.4) is 0 Å². The van der Waals surface area contributed by atoms with Crippen LogP contribution in [0.5, 0.6) is 0 Å². The zero-order valence-corrected chi connectivity index (χ0v) is 32.9. The number of hydrogen-bond donors (Lipinski definition) is 1. The van der Waals surface area contributed by atoms with Crippen molar-refractivity contribution in [3.8, 4) is 0 Å². The number of aliphatic hydroxyl groups excluding tert-OH is 1. The van der Waals surface area contributed by atoms with Gasteiger partial charge in [-0.2, -0.15) is 0 Å². The van der Waals surface area contributed by atoms with Gasteiger partial charge in [0.25, 0.3) is 0 Å². The van der Waals surface area contributed by atoms with Crippen molar-refractivity contribution in [3.63, 3.8) is 0 Å². The lowest BCUT2D eigenvalue weighted by molar-refractivity contribution is -0.175. The van der Waals surface area contributed by atoms with Gasteiger partial charge in [-0.15, -0.1) is 0 Å². The minimum absolute atomic E-state index is 0.198. The zero-order valence-electron chi connectivity index (χ0n) is 32.9. The van der Waals surface area contributed by atoms with Gasteiger partial charge in [-0.05, 0) is 19.3 Å².